The van der Waals surface area contributed by atoms with Crippen LogP contribution in [0.4, 0.5) is 0 Å². The van der Waals surface area contributed by atoms with E-state index in [-0.39, 0.29) is 18.1 Å². The minimum absolute atomic E-state index is 0.0293. The Labute approximate surface area is 125 Å². The van der Waals surface area contributed by atoms with Crippen molar-refractivity contribution in [2.75, 3.05) is 33.9 Å². The first-order valence-corrected chi connectivity index (χ1v) is 7.88. The lowest BCUT2D eigenvalue weighted by atomic mass is 9.92. The zero-order valence-corrected chi connectivity index (χ0v) is 12.9. The summed E-state index contributed by atoms with van der Waals surface area (Å²) >= 11 is 0. The van der Waals surface area contributed by atoms with Crippen molar-refractivity contribution in [3.05, 3.63) is 0 Å². The molecule has 120 valence electrons. The van der Waals surface area contributed by atoms with Crippen molar-refractivity contribution in [3.8, 4) is 0 Å². The van der Waals surface area contributed by atoms with Crippen LogP contribution in [0.25, 0.3) is 0 Å². The molecule has 3 aliphatic rings. The van der Waals surface area contributed by atoms with Gasteiger partial charge < -0.3 is 14.6 Å². The third-order valence-electron chi connectivity index (χ3n) is 5.06. The van der Waals surface area contributed by atoms with Crippen molar-refractivity contribution in [1.29, 1.82) is 0 Å². The number of hydrogen-bond acceptors (Lipinski definition) is 5. The van der Waals surface area contributed by atoms with Gasteiger partial charge in [0.1, 0.15) is 5.54 Å². The zero-order valence-electron chi connectivity index (χ0n) is 12.9. The lowest BCUT2D eigenvalue weighted by Gasteiger charge is -2.35. The van der Waals surface area contributed by atoms with Gasteiger partial charge in [0.25, 0.3) is 0 Å². The van der Waals surface area contributed by atoms with Crippen LogP contribution < -0.4 is 5.32 Å². The van der Waals surface area contributed by atoms with E-state index in [2.05, 4.69) is 10.2 Å². The summed E-state index contributed by atoms with van der Waals surface area (Å²) in [7, 11) is 3.38. The fourth-order valence-corrected chi connectivity index (χ4v) is 3.52. The molecular weight excluding hydrogens is 272 g/mol. The van der Waals surface area contributed by atoms with Gasteiger partial charge in [-0.2, -0.15) is 0 Å². The van der Waals surface area contributed by atoms with Crippen LogP contribution in [0.3, 0.4) is 0 Å². The summed E-state index contributed by atoms with van der Waals surface area (Å²) in [5, 5.41) is 13.3. The number of aliphatic carboxylic acids is 1. The van der Waals surface area contributed by atoms with E-state index in [1.807, 2.05) is 0 Å². The molecular formula is C15H26N2O4. The summed E-state index contributed by atoms with van der Waals surface area (Å²) in [5.41, 5.74) is -0.790. The average Bonchev–Trinajstić information content (AvgIpc) is 3.36. The zero-order chi connectivity index (χ0) is 15.0. The van der Waals surface area contributed by atoms with Crippen LogP contribution >= 0.6 is 0 Å². The first-order chi connectivity index (χ1) is 10.1. The highest BCUT2D eigenvalue weighted by atomic mass is 16.5. The maximum absolute atomic E-state index is 12.0. The Bertz CT molecular complexity index is 385. The molecule has 0 aromatic carbocycles. The Kier molecular flexibility index (Phi) is 4.23. The Morgan fingerprint density at radius 3 is 2.14 bits per heavy atom. The number of methoxy groups -OCH3 is 2. The number of nitrogens with one attached hydrogen (secondary N) is 1. The van der Waals surface area contributed by atoms with E-state index in [4.69, 9.17) is 9.47 Å². The second kappa shape index (κ2) is 5.83. The highest BCUT2D eigenvalue weighted by Crippen LogP contribution is 2.42. The summed E-state index contributed by atoms with van der Waals surface area (Å²) in [5.74, 6) is -0.440. The second-order valence-electron chi connectivity index (χ2n) is 6.71. The van der Waals surface area contributed by atoms with Crippen LogP contribution in [0.5, 0.6) is 0 Å². The second-order valence-corrected chi connectivity index (χ2v) is 6.71. The quantitative estimate of drug-likeness (QED) is 0.672. The molecule has 0 aromatic rings. The molecule has 0 amide bonds. The molecule has 3 unspecified atom stereocenters. The first kappa shape index (κ1) is 15.2. The summed E-state index contributed by atoms with van der Waals surface area (Å²) in [6.45, 7) is 2.02. The van der Waals surface area contributed by atoms with Crippen LogP contribution in [0.15, 0.2) is 0 Å². The molecule has 1 aliphatic heterocycles. The standard InChI is InChI=1S/C15H26N2O4/c1-20-12-7-17(8-13(12)21-2)9-15(14(18)19,10-3-4-10)16-11-5-6-11/h10-13,16H,3-9H2,1-2H3,(H,18,19). The Hall–Kier alpha value is -0.690. The highest BCUT2D eigenvalue weighted by Gasteiger charge is 2.54. The molecule has 2 aliphatic carbocycles. The summed E-state index contributed by atoms with van der Waals surface area (Å²) in [6.07, 6.45) is 4.29. The van der Waals surface area contributed by atoms with Crippen LogP contribution in [-0.2, 0) is 14.3 Å². The normalized spacial score (nSPS) is 33.0. The van der Waals surface area contributed by atoms with E-state index in [1.54, 1.807) is 14.2 Å². The number of likely N-dealkylation sites (tertiary alicyclic amines) is 1. The third-order valence-corrected chi connectivity index (χ3v) is 5.06. The van der Waals surface area contributed by atoms with Crippen molar-refractivity contribution in [2.45, 2.75) is 49.5 Å². The van der Waals surface area contributed by atoms with Gasteiger partial charge in [-0.3, -0.25) is 15.0 Å². The van der Waals surface area contributed by atoms with Crippen LogP contribution in [0.1, 0.15) is 25.7 Å². The fourth-order valence-electron chi connectivity index (χ4n) is 3.52. The van der Waals surface area contributed by atoms with Crippen molar-refractivity contribution in [3.63, 3.8) is 0 Å². The van der Waals surface area contributed by atoms with E-state index >= 15 is 0 Å². The van der Waals surface area contributed by atoms with Gasteiger partial charge in [0, 0.05) is 39.9 Å². The number of hydrogen-bond donors (Lipinski definition) is 2. The topological polar surface area (TPSA) is 71.0 Å². The molecule has 6 nitrogen and oxygen atoms in total. The van der Waals surface area contributed by atoms with Gasteiger partial charge in [-0.1, -0.05) is 0 Å². The van der Waals surface area contributed by atoms with E-state index in [0.29, 0.717) is 12.6 Å². The van der Waals surface area contributed by atoms with Crippen molar-refractivity contribution in [2.24, 2.45) is 5.92 Å². The molecule has 21 heavy (non-hydrogen) atoms. The van der Waals surface area contributed by atoms with Crippen molar-refractivity contribution in [1.82, 2.24) is 10.2 Å². The molecule has 3 rings (SSSR count). The minimum atomic E-state index is -0.790. The van der Waals surface area contributed by atoms with E-state index in [9.17, 15) is 9.90 Å². The first-order valence-electron chi connectivity index (χ1n) is 7.88. The lowest BCUT2D eigenvalue weighted by Crippen LogP contribution is -2.61. The molecule has 2 saturated carbocycles. The lowest BCUT2D eigenvalue weighted by molar-refractivity contribution is -0.147. The molecule has 2 N–H and O–H groups in total. The number of carboxylic acid groups (broad SMARTS) is 1. The Morgan fingerprint density at radius 1 is 1.19 bits per heavy atom. The molecule has 0 spiro atoms. The van der Waals surface area contributed by atoms with E-state index in [0.717, 1.165) is 38.8 Å². The maximum Gasteiger partial charge on any atom is 0.325 e. The van der Waals surface area contributed by atoms with Gasteiger partial charge >= 0.3 is 5.97 Å². The molecule has 0 bridgehead atoms. The largest absolute Gasteiger partial charge is 0.480 e. The number of rotatable bonds is 8. The van der Waals surface area contributed by atoms with Gasteiger partial charge in [0.05, 0.1) is 12.2 Å². The SMILES string of the molecule is COC1CN(CC(NC2CC2)(C(=O)O)C2CC2)CC1OC. The van der Waals surface area contributed by atoms with Crippen LogP contribution in [0.2, 0.25) is 0 Å². The van der Waals surface area contributed by atoms with Crippen molar-refractivity contribution < 1.29 is 19.4 Å². The van der Waals surface area contributed by atoms with E-state index in [1.165, 1.54) is 0 Å². The summed E-state index contributed by atoms with van der Waals surface area (Å²) < 4.78 is 10.9. The molecule has 0 radical (unpaired) electrons. The Balaban J connectivity index is 1.70. The molecule has 0 aromatic heterocycles. The van der Waals surface area contributed by atoms with Crippen molar-refractivity contribution >= 4 is 5.97 Å². The van der Waals surface area contributed by atoms with Gasteiger partial charge in [-0.15, -0.1) is 0 Å². The van der Waals surface area contributed by atoms with Crippen LogP contribution in [-0.4, -0.2) is 73.6 Å². The smallest absolute Gasteiger partial charge is 0.325 e. The van der Waals surface area contributed by atoms with Gasteiger partial charge in [-0.25, -0.2) is 0 Å². The predicted octanol–water partition coefficient (Wildman–Crippen LogP) is 0.317. The number of carboxylic acids is 1. The maximum atomic E-state index is 12.0. The van der Waals surface area contributed by atoms with Gasteiger partial charge in [0.2, 0.25) is 0 Å². The molecule has 3 fully saturated rings. The predicted molar refractivity (Wildman–Crippen MR) is 77.3 cm³/mol. The monoisotopic (exact) mass is 298 g/mol. The van der Waals surface area contributed by atoms with E-state index < -0.39 is 11.5 Å². The number of carbonyl (C=O) groups is 1. The molecule has 6 heteroatoms. The molecule has 1 heterocycles. The summed E-state index contributed by atoms with van der Waals surface area (Å²) in [4.78, 5) is 14.2. The van der Waals surface area contributed by atoms with Gasteiger partial charge in [-0.05, 0) is 31.6 Å². The van der Waals surface area contributed by atoms with Gasteiger partial charge in [0.15, 0.2) is 0 Å². The number of ether oxygens (including phenoxy) is 2. The third kappa shape index (κ3) is 3.08. The number of nitrogens with zero attached hydrogens (tertiary/aromatic N) is 1. The summed E-state index contributed by atoms with van der Waals surface area (Å²) in [6, 6.07) is 0.390. The fraction of sp³-hybridized carbons (Fsp3) is 0.933. The minimum Gasteiger partial charge on any atom is -0.480 e. The molecule has 1 saturated heterocycles. The van der Waals surface area contributed by atoms with Crippen LogP contribution in [0, 0.1) is 5.92 Å². The molecule has 3 atom stereocenters. The average molecular weight is 298 g/mol. The Morgan fingerprint density at radius 2 is 1.76 bits per heavy atom. The highest BCUT2D eigenvalue weighted by molar-refractivity contribution is 5.80.